The van der Waals surface area contributed by atoms with E-state index in [4.69, 9.17) is 14.6 Å². The van der Waals surface area contributed by atoms with E-state index in [-0.39, 0.29) is 6.61 Å². The number of hydrogen-bond acceptors (Lipinski definition) is 4. The summed E-state index contributed by atoms with van der Waals surface area (Å²) in [6, 6.07) is 8.14. The number of ether oxygens (including phenoxy) is 2. The molecule has 0 aromatic heterocycles. The summed E-state index contributed by atoms with van der Waals surface area (Å²) in [6.45, 7) is 2.47. The van der Waals surface area contributed by atoms with E-state index in [0.717, 1.165) is 19.7 Å². The van der Waals surface area contributed by atoms with Crippen molar-refractivity contribution in [3.05, 3.63) is 29.8 Å². The molecule has 0 amide bonds. The summed E-state index contributed by atoms with van der Waals surface area (Å²) in [7, 11) is 1.75. The normalized spacial score (nSPS) is 19.4. The quantitative estimate of drug-likeness (QED) is 0.834. The van der Waals surface area contributed by atoms with Crippen molar-refractivity contribution >= 4 is 5.97 Å². The molecular weight excluding hydrogens is 270 g/mol. The van der Waals surface area contributed by atoms with Crippen LogP contribution in [-0.2, 0) is 16.1 Å². The topological polar surface area (TPSA) is 59.0 Å². The van der Waals surface area contributed by atoms with E-state index in [2.05, 4.69) is 4.90 Å². The molecule has 1 atom stereocenters. The van der Waals surface area contributed by atoms with Crippen molar-refractivity contribution < 1.29 is 19.4 Å². The summed E-state index contributed by atoms with van der Waals surface area (Å²) in [6.07, 6.45) is 3.69. The Kier molecular flexibility index (Phi) is 6.02. The number of nitrogens with zero attached hydrogens (tertiary/aromatic N) is 1. The van der Waals surface area contributed by atoms with Crippen molar-refractivity contribution in [2.75, 3.05) is 26.9 Å². The minimum absolute atomic E-state index is 0.304. The predicted molar refractivity (Wildman–Crippen MR) is 79.5 cm³/mol. The zero-order valence-corrected chi connectivity index (χ0v) is 12.5. The van der Waals surface area contributed by atoms with Crippen molar-refractivity contribution in [2.24, 2.45) is 0 Å². The van der Waals surface area contributed by atoms with Crippen LogP contribution in [0.15, 0.2) is 24.3 Å². The van der Waals surface area contributed by atoms with Crippen molar-refractivity contribution in [1.29, 1.82) is 0 Å². The second kappa shape index (κ2) is 8.00. The molecule has 0 aliphatic carbocycles. The first-order valence-corrected chi connectivity index (χ1v) is 7.35. The predicted octanol–water partition coefficient (Wildman–Crippen LogP) is 2.15. The zero-order chi connectivity index (χ0) is 15.1. The average Bonchev–Trinajstić information content (AvgIpc) is 2.49. The van der Waals surface area contributed by atoms with Crippen molar-refractivity contribution in [1.82, 2.24) is 4.90 Å². The van der Waals surface area contributed by atoms with Gasteiger partial charge < -0.3 is 14.6 Å². The highest BCUT2D eigenvalue weighted by Crippen LogP contribution is 2.21. The van der Waals surface area contributed by atoms with Gasteiger partial charge in [-0.05, 0) is 37.1 Å². The smallest absolute Gasteiger partial charge is 0.341 e. The SMILES string of the molecule is COCC1CCCCN1Cc1ccc(OCC(=O)O)cc1. The first kappa shape index (κ1) is 15.8. The van der Waals surface area contributed by atoms with E-state index >= 15 is 0 Å². The van der Waals surface area contributed by atoms with E-state index in [1.807, 2.05) is 24.3 Å². The molecule has 5 heteroatoms. The molecule has 5 nitrogen and oxygen atoms in total. The molecule has 21 heavy (non-hydrogen) atoms. The van der Waals surface area contributed by atoms with Gasteiger partial charge in [0.25, 0.3) is 0 Å². The lowest BCUT2D eigenvalue weighted by Crippen LogP contribution is -2.41. The Labute approximate surface area is 125 Å². The van der Waals surface area contributed by atoms with Crippen LogP contribution in [0.5, 0.6) is 5.75 Å². The highest BCUT2D eigenvalue weighted by Gasteiger charge is 2.22. The highest BCUT2D eigenvalue weighted by molar-refractivity contribution is 5.68. The van der Waals surface area contributed by atoms with Gasteiger partial charge in [-0.1, -0.05) is 18.6 Å². The first-order valence-electron chi connectivity index (χ1n) is 7.35. The number of rotatable bonds is 7. The summed E-state index contributed by atoms with van der Waals surface area (Å²) < 4.78 is 10.4. The van der Waals surface area contributed by atoms with Gasteiger partial charge in [0.2, 0.25) is 0 Å². The molecule has 0 spiro atoms. The van der Waals surface area contributed by atoms with Gasteiger partial charge in [0, 0.05) is 19.7 Å². The molecule has 1 aliphatic rings. The fourth-order valence-electron chi connectivity index (χ4n) is 2.72. The number of carbonyl (C=O) groups is 1. The molecule has 1 unspecified atom stereocenters. The fraction of sp³-hybridized carbons (Fsp3) is 0.562. The van der Waals surface area contributed by atoms with Crippen molar-refractivity contribution in [3.8, 4) is 5.75 Å². The number of hydrogen-bond donors (Lipinski definition) is 1. The third kappa shape index (κ3) is 5.02. The third-order valence-electron chi connectivity index (χ3n) is 3.78. The maximum atomic E-state index is 10.5. The Bertz CT molecular complexity index is 444. The van der Waals surface area contributed by atoms with Gasteiger partial charge in [0.15, 0.2) is 6.61 Å². The van der Waals surface area contributed by atoms with Crippen LogP contribution in [0, 0.1) is 0 Å². The number of carboxylic acids is 1. The van der Waals surface area contributed by atoms with Gasteiger partial charge in [0.05, 0.1) is 6.61 Å². The number of aliphatic carboxylic acids is 1. The molecule has 1 heterocycles. The minimum Gasteiger partial charge on any atom is -0.482 e. The molecule has 1 N–H and O–H groups in total. The van der Waals surface area contributed by atoms with E-state index < -0.39 is 5.97 Å². The van der Waals surface area contributed by atoms with Gasteiger partial charge in [-0.25, -0.2) is 4.79 Å². The lowest BCUT2D eigenvalue weighted by molar-refractivity contribution is -0.139. The summed E-state index contributed by atoms with van der Waals surface area (Å²) in [5.41, 5.74) is 1.21. The molecule has 1 aromatic rings. The van der Waals surface area contributed by atoms with Crippen LogP contribution in [0.3, 0.4) is 0 Å². The van der Waals surface area contributed by atoms with Crippen LogP contribution in [-0.4, -0.2) is 48.9 Å². The van der Waals surface area contributed by atoms with Crippen LogP contribution < -0.4 is 4.74 Å². The molecule has 1 fully saturated rings. The molecule has 1 aliphatic heterocycles. The van der Waals surface area contributed by atoms with Gasteiger partial charge in [-0.2, -0.15) is 0 Å². The van der Waals surface area contributed by atoms with Crippen LogP contribution >= 0.6 is 0 Å². The van der Waals surface area contributed by atoms with Crippen LogP contribution in [0.2, 0.25) is 0 Å². The van der Waals surface area contributed by atoms with E-state index in [1.165, 1.54) is 24.8 Å². The van der Waals surface area contributed by atoms with Gasteiger partial charge in [-0.15, -0.1) is 0 Å². The van der Waals surface area contributed by atoms with Crippen LogP contribution in [0.25, 0.3) is 0 Å². The average molecular weight is 293 g/mol. The highest BCUT2D eigenvalue weighted by atomic mass is 16.5. The molecule has 1 saturated heterocycles. The maximum absolute atomic E-state index is 10.5. The Hall–Kier alpha value is -1.59. The van der Waals surface area contributed by atoms with Gasteiger partial charge >= 0.3 is 5.97 Å². The first-order chi connectivity index (χ1) is 10.2. The van der Waals surface area contributed by atoms with Crippen LogP contribution in [0.1, 0.15) is 24.8 Å². The number of methoxy groups -OCH3 is 1. The Balaban J connectivity index is 1.90. The molecule has 1 aromatic carbocycles. The van der Waals surface area contributed by atoms with Crippen LogP contribution in [0.4, 0.5) is 0 Å². The van der Waals surface area contributed by atoms with Gasteiger partial charge in [-0.3, -0.25) is 4.90 Å². The monoisotopic (exact) mass is 293 g/mol. The molecule has 0 bridgehead atoms. The van der Waals surface area contributed by atoms with E-state index in [0.29, 0.717) is 11.8 Å². The zero-order valence-electron chi connectivity index (χ0n) is 12.5. The van der Waals surface area contributed by atoms with E-state index in [9.17, 15) is 4.79 Å². The molecule has 0 saturated carbocycles. The molecular formula is C16H23NO4. The number of likely N-dealkylation sites (tertiary alicyclic amines) is 1. The maximum Gasteiger partial charge on any atom is 0.341 e. The number of benzene rings is 1. The summed E-state index contributed by atoms with van der Waals surface area (Å²) >= 11 is 0. The summed E-state index contributed by atoms with van der Waals surface area (Å²) in [5.74, 6) is -0.372. The summed E-state index contributed by atoms with van der Waals surface area (Å²) in [4.78, 5) is 12.9. The van der Waals surface area contributed by atoms with E-state index in [1.54, 1.807) is 7.11 Å². The second-order valence-corrected chi connectivity index (χ2v) is 5.40. The molecule has 116 valence electrons. The standard InChI is InChI=1S/C16H23NO4/c1-20-11-14-4-2-3-9-17(14)10-13-5-7-15(8-6-13)21-12-16(18)19/h5-8,14H,2-4,9-12H2,1H3,(H,18,19). The van der Waals surface area contributed by atoms with Gasteiger partial charge in [0.1, 0.15) is 5.75 Å². The third-order valence-corrected chi connectivity index (χ3v) is 3.78. The lowest BCUT2D eigenvalue weighted by atomic mass is 10.0. The summed E-state index contributed by atoms with van der Waals surface area (Å²) in [5, 5.41) is 8.58. The second-order valence-electron chi connectivity index (χ2n) is 5.40. The Morgan fingerprint density at radius 3 is 2.76 bits per heavy atom. The minimum atomic E-state index is -0.963. The number of piperidine rings is 1. The largest absolute Gasteiger partial charge is 0.482 e. The molecule has 0 radical (unpaired) electrons. The number of carboxylic acid groups (broad SMARTS) is 1. The fourth-order valence-corrected chi connectivity index (χ4v) is 2.72. The Morgan fingerprint density at radius 2 is 2.10 bits per heavy atom. The Morgan fingerprint density at radius 1 is 1.33 bits per heavy atom. The van der Waals surface area contributed by atoms with Crippen molar-refractivity contribution in [3.63, 3.8) is 0 Å². The van der Waals surface area contributed by atoms with Crippen molar-refractivity contribution in [2.45, 2.75) is 31.8 Å². The lowest BCUT2D eigenvalue weighted by Gasteiger charge is -2.35. The molecule has 2 rings (SSSR count).